The van der Waals surface area contributed by atoms with Crippen LogP contribution in [-0.2, 0) is 0 Å². The number of pyridine rings is 1. The van der Waals surface area contributed by atoms with Gasteiger partial charge in [0.1, 0.15) is 41.8 Å². The number of ether oxygens (including phenoxy) is 2. The van der Waals surface area contributed by atoms with Crippen LogP contribution in [0.4, 0.5) is 14.6 Å². The summed E-state index contributed by atoms with van der Waals surface area (Å²) in [7, 11) is 0. The van der Waals surface area contributed by atoms with Crippen LogP contribution in [0.1, 0.15) is 32.1 Å². The van der Waals surface area contributed by atoms with E-state index in [0.717, 1.165) is 49.5 Å². The molecular formula is C32H31ClF2N6O2. The van der Waals surface area contributed by atoms with Crippen LogP contribution in [0.15, 0.2) is 36.4 Å². The summed E-state index contributed by atoms with van der Waals surface area (Å²) < 4.78 is 44.0. The van der Waals surface area contributed by atoms with Gasteiger partial charge in [-0.15, -0.1) is 0 Å². The number of anilines is 1. The average Bonchev–Trinajstić information content (AvgIpc) is 3.64. The molecule has 4 saturated heterocycles. The van der Waals surface area contributed by atoms with E-state index < -0.39 is 12.0 Å². The quantitative estimate of drug-likeness (QED) is 0.337. The van der Waals surface area contributed by atoms with E-state index in [2.05, 4.69) is 20.1 Å². The van der Waals surface area contributed by atoms with Crippen molar-refractivity contribution in [1.29, 1.82) is 0 Å². The monoisotopic (exact) mass is 604 g/mol. The molecule has 5 atom stereocenters. The lowest BCUT2D eigenvalue weighted by molar-refractivity contribution is 0.107. The highest BCUT2D eigenvalue weighted by molar-refractivity contribution is 6.31. The molecule has 1 N–H and O–H groups in total. The van der Waals surface area contributed by atoms with Gasteiger partial charge in [0, 0.05) is 42.2 Å². The van der Waals surface area contributed by atoms with Gasteiger partial charge in [0.15, 0.2) is 5.82 Å². The minimum Gasteiger partial charge on any atom is -0.475 e. The van der Waals surface area contributed by atoms with Crippen LogP contribution in [0.3, 0.4) is 0 Å². The number of nitrogens with one attached hydrogen (secondary N) is 1. The maximum atomic E-state index is 16.8. The van der Waals surface area contributed by atoms with Gasteiger partial charge >= 0.3 is 6.01 Å². The highest BCUT2D eigenvalue weighted by Gasteiger charge is 2.50. The van der Waals surface area contributed by atoms with Crippen LogP contribution in [-0.4, -0.2) is 82.5 Å². The van der Waals surface area contributed by atoms with E-state index in [0.29, 0.717) is 53.3 Å². The van der Waals surface area contributed by atoms with Crippen LogP contribution < -0.4 is 19.7 Å². The van der Waals surface area contributed by atoms with Gasteiger partial charge in [0.05, 0.1) is 11.6 Å². The first-order chi connectivity index (χ1) is 21.0. The molecular weight excluding hydrogens is 574 g/mol. The highest BCUT2D eigenvalue weighted by atomic mass is 35.5. The van der Waals surface area contributed by atoms with E-state index in [4.69, 9.17) is 31.0 Å². The summed E-state index contributed by atoms with van der Waals surface area (Å²) in [6.45, 7) is 2.67. The van der Waals surface area contributed by atoms with E-state index in [1.807, 2.05) is 36.4 Å². The summed E-state index contributed by atoms with van der Waals surface area (Å²) >= 11 is 6.37. The molecule has 0 aliphatic carbocycles. The molecule has 11 heteroatoms. The van der Waals surface area contributed by atoms with Gasteiger partial charge < -0.3 is 19.7 Å². The van der Waals surface area contributed by atoms with Crippen molar-refractivity contribution in [3.05, 3.63) is 47.2 Å². The lowest BCUT2D eigenvalue weighted by atomic mass is 9.95. The second kappa shape index (κ2) is 9.58. The number of hydrogen-bond acceptors (Lipinski definition) is 8. The van der Waals surface area contributed by atoms with Crippen molar-refractivity contribution in [2.24, 2.45) is 0 Å². The van der Waals surface area contributed by atoms with Crippen molar-refractivity contribution in [2.45, 2.75) is 61.9 Å². The van der Waals surface area contributed by atoms with Crippen molar-refractivity contribution in [1.82, 2.24) is 25.2 Å². The van der Waals surface area contributed by atoms with Crippen molar-refractivity contribution >= 4 is 39.1 Å². The zero-order valence-corrected chi connectivity index (χ0v) is 24.3. The third kappa shape index (κ3) is 4.02. The SMILES string of the molecule is Fc1c(-c2cccc3ccc(Cl)cc23)nc2c3c(nc(OC[C@@]45CCCN4C[C@H](F)C5)nc13)N1CC3CCC(N3)C1CO2. The number of halogens is 3. The molecule has 8 nitrogen and oxygen atoms in total. The number of nitrogens with zero attached hydrogens (tertiary/aromatic N) is 5. The Kier molecular flexibility index (Phi) is 5.81. The van der Waals surface area contributed by atoms with Gasteiger partial charge in [0.2, 0.25) is 5.88 Å². The van der Waals surface area contributed by atoms with Gasteiger partial charge in [-0.1, -0.05) is 35.9 Å². The summed E-state index contributed by atoms with van der Waals surface area (Å²) in [4.78, 5) is 18.8. The first kappa shape index (κ1) is 26.1. The second-order valence-corrected chi connectivity index (χ2v) is 13.2. The molecule has 222 valence electrons. The maximum absolute atomic E-state index is 16.8. The molecule has 9 rings (SSSR count). The van der Waals surface area contributed by atoms with Crippen molar-refractivity contribution in [3.63, 3.8) is 0 Å². The Balaban J connectivity index is 1.22. The lowest BCUT2D eigenvalue weighted by Gasteiger charge is -2.40. The fourth-order valence-electron chi connectivity index (χ4n) is 8.26. The largest absolute Gasteiger partial charge is 0.475 e. The standard InChI is InChI=1S/C32H31ClF2N6O2/c33-18-6-5-17-3-1-4-21(22(17)11-18)27-26(35)28-25-29(41-14-20-7-8-23(36-20)24(41)15-42-30(25)37-27)39-31(38-28)43-16-32-9-2-10-40(32)13-19(34)12-32/h1,3-6,11,19-20,23-24,36H,2,7-10,12-16H2/t19-,20?,23?,24?,32+/m1/s1. The number of alkyl halides is 1. The van der Waals surface area contributed by atoms with E-state index in [9.17, 15) is 4.39 Å². The van der Waals surface area contributed by atoms with Gasteiger partial charge in [-0.05, 0) is 55.1 Å². The molecule has 7 heterocycles. The molecule has 5 aliphatic heterocycles. The zero-order valence-electron chi connectivity index (χ0n) is 23.5. The maximum Gasteiger partial charge on any atom is 0.319 e. The van der Waals surface area contributed by atoms with Crippen LogP contribution in [0.25, 0.3) is 32.9 Å². The normalized spacial score (nSPS) is 29.5. The molecule has 5 aliphatic rings. The van der Waals surface area contributed by atoms with Crippen LogP contribution in [0.2, 0.25) is 5.02 Å². The molecule has 4 fully saturated rings. The number of hydrogen-bond donors (Lipinski definition) is 1. The Morgan fingerprint density at radius 3 is 3.00 bits per heavy atom. The molecule has 0 radical (unpaired) electrons. The van der Waals surface area contributed by atoms with E-state index >= 15 is 4.39 Å². The first-order valence-corrected chi connectivity index (χ1v) is 15.6. The molecule has 2 aromatic heterocycles. The summed E-state index contributed by atoms with van der Waals surface area (Å²) in [5.74, 6) is 0.337. The Labute approximate surface area is 252 Å². The van der Waals surface area contributed by atoms with Crippen LogP contribution in [0, 0.1) is 5.82 Å². The Bertz CT molecular complexity index is 1790. The van der Waals surface area contributed by atoms with Gasteiger partial charge in [-0.3, -0.25) is 4.90 Å². The van der Waals surface area contributed by atoms with Gasteiger partial charge in [-0.2, -0.15) is 9.97 Å². The van der Waals surface area contributed by atoms with E-state index in [-0.39, 0.29) is 41.5 Å². The van der Waals surface area contributed by atoms with Crippen LogP contribution in [0.5, 0.6) is 11.9 Å². The molecule has 0 amide bonds. The number of piperazine rings is 1. The second-order valence-electron chi connectivity index (χ2n) is 12.7. The first-order valence-electron chi connectivity index (χ1n) is 15.2. The number of rotatable bonds is 4. The minimum absolute atomic E-state index is 0.00724. The lowest BCUT2D eigenvalue weighted by Crippen LogP contribution is -2.60. The molecule has 0 spiro atoms. The van der Waals surface area contributed by atoms with Gasteiger partial charge in [0.25, 0.3) is 0 Å². The summed E-state index contributed by atoms with van der Waals surface area (Å²) in [5.41, 5.74) is 0.481. The van der Waals surface area contributed by atoms with Crippen LogP contribution >= 0.6 is 11.6 Å². The smallest absolute Gasteiger partial charge is 0.319 e. The molecule has 43 heavy (non-hydrogen) atoms. The fourth-order valence-corrected chi connectivity index (χ4v) is 8.43. The number of fused-ring (bicyclic) bond motifs is 7. The fraction of sp³-hybridized carbons (Fsp3) is 0.469. The summed E-state index contributed by atoms with van der Waals surface area (Å²) in [5, 5.41) is 6.43. The molecule has 2 bridgehead atoms. The molecule has 3 unspecified atom stereocenters. The van der Waals surface area contributed by atoms with Crippen molar-refractivity contribution in [3.8, 4) is 23.1 Å². The topological polar surface area (TPSA) is 75.6 Å². The Morgan fingerprint density at radius 1 is 1.14 bits per heavy atom. The summed E-state index contributed by atoms with van der Waals surface area (Å²) in [6, 6.07) is 11.9. The van der Waals surface area contributed by atoms with E-state index in [1.165, 1.54) is 0 Å². The Hall–Kier alpha value is -3.34. The third-order valence-corrected chi connectivity index (χ3v) is 10.5. The van der Waals surface area contributed by atoms with Crippen molar-refractivity contribution in [2.75, 3.05) is 37.7 Å². The highest BCUT2D eigenvalue weighted by Crippen LogP contribution is 2.45. The minimum atomic E-state index is -0.872. The van der Waals surface area contributed by atoms with E-state index in [1.54, 1.807) is 0 Å². The molecule has 2 aromatic carbocycles. The Morgan fingerprint density at radius 2 is 2.07 bits per heavy atom. The number of aromatic nitrogens is 3. The summed E-state index contributed by atoms with van der Waals surface area (Å²) in [6.07, 6.45) is 3.53. The van der Waals surface area contributed by atoms with Gasteiger partial charge in [-0.25, -0.2) is 13.8 Å². The predicted molar refractivity (Wildman–Crippen MR) is 160 cm³/mol. The molecule has 4 aromatic rings. The van der Waals surface area contributed by atoms with Crippen molar-refractivity contribution < 1.29 is 18.3 Å². The molecule has 0 saturated carbocycles. The average molecular weight is 605 g/mol. The predicted octanol–water partition coefficient (Wildman–Crippen LogP) is 5.29. The zero-order chi connectivity index (χ0) is 28.9. The third-order valence-electron chi connectivity index (χ3n) is 10.3. The number of benzene rings is 2.